The molecule has 0 fully saturated rings. The van der Waals surface area contributed by atoms with E-state index in [9.17, 15) is 19.4 Å². The topological polar surface area (TPSA) is 76.0 Å². The fourth-order valence-electron chi connectivity index (χ4n) is 1.56. The maximum Gasteiger partial charge on any atom is 0.339 e. The summed E-state index contributed by atoms with van der Waals surface area (Å²) in [6.45, 7) is 3.12. The number of hydrogen-bond acceptors (Lipinski definition) is 5. The van der Waals surface area contributed by atoms with E-state index in [1.807, 2.05) is 0 Å². The molecule has 1 aromatic rings. The molecule has 18 heavy (non-hydrogen) atoms. The van der Waals surface area contributed by atoms with Crippen LogP contribution in [-0.4, -0.2) is 29.9 Å². The van der Waals surface area contributed by atoms with Crippen LogP contribution in [0.4, 0.5) is 4.39 Å². The number of carbonyl (C=O) groups is 1. The fourth-order valence-corrected chi connectivity index (χ4v) is 1.56. The Balaban J connectivity index is 3.22. The number of benzene rings is 1. The molecule has 0 heterocycles. The van der Waals surface area contributed by atoms with Gasteiger partial charge in [0.25, 0.3) is 0 Å². The maximum absolute atomic E-state index is 13.6. The summed E-state index contributed by atoms with van der Waals surface area (Å²) in [7, 11) is 1.21. The lowest BCUT2D eigenvalue weighted by atomic mass is 10.0. The van der Waals surface area contributed by atoms with Gasteiger partial charge >= 0.3 is 5.97 Å². The molecule has 0 aliphatic heterocycles. The molecule has 0 aliphatic rings. The van der Waals surface area contributed by atoms with Gasteiger partial charge in [0.05, 0.1) is 13.7 Å². The van der Waals surface area contributed by atoms with Crippen molar-refractivity contribution in [2.75, 3.05) is 13.7 Å². The van der Waals surface area contributed by atoms with Crippen molar-refractivity contribution in [2.45, 2.75) is 20.0 Å². The number of carbonyl (C=O) groups excluding carboxylic acids is 1. The Morgan fingerprint density at radius 3 is 2.67 bits per heavy atom. The van der Waals surface area contributed by atoms with Crippen molar-refractivity contribution < 1.29 is 28.9 Å². The molecule has 0 saturated heterocycles. The molecule has 0 aromatic heterocycles. The number of phenolic OH excluding ortho intramolecular Hbond substituents is 1. The van der Waals surface area contributed by atoms with E-state index in [0.29, 0.717) is 0 Å². The van der Waals surface area contributed by atoms with Crippen molar-refractivity contribution in [2.24, 2.45) is 0 Å². The van der Waals surface area contributed by atoms with E-state index >= 15 is 0 Å². The number of halogens is 1. The summed E-state index contributed by atoms with van der Waals surface area (Å²) >= 11 is 0. The molecule has 5 nitrogen and oxygen atoms in total. The molecular formula is C12H15FO5. The molecule has 0 saturated carbocycles. The van der Waals surface area contributed by atoms with Crippen LogP contribution in [0.15, 0.2) is 6.07 Å². The highest BCUT2D eigenvalue weighted by Gasteiger charge is 2.25. The van der Waals surface area contributed by atoms with Gasteiger partial charge in [0.1, 0.15) is 0 Å². The molecule has 0 amide bonds. The molecule has 1 rings (SSSR count). The monoisotopic (exact) mass is 258 g/mol. The van der Waals surface area contributed by atoms with Gasteiger partial charge in [-0.2, -0.15) is 0 Å². The zero-order chi connectivity index (χ0) is 13.9. The van der Waals surface area contributed by atoms with Crippen LogP contribution in [0, 0.1) is 12.7 Å². The third-order valence-corrected chi connectivity index (χ3v) is 2.51. The van der Waals surface area contributed by atoms with Crippen molar-refractivity contribution >= 4 is 5.97 Å². The highest BCUT2D eigenvalue weighted by atomic mass is 19.1. The number of aromatic hydroxyl groups is 1. The molecule has 1 atom stereocenters. The zero-order valence-corrected chi connectivity index (χ0v) is 10.4. The van der Waals surface area contributed by atoms with Crippen molar-refractivity contribution in [1.29, 1.82) is 0 Å². The Morgan fingerprint density at radius 2 is 2.17 bits per heavy atom. The average Bonchev–Trinajstić information content (AvgIpc) is 2.34. The number of ether oxygens (including phenoxy) is 2. The number of esters is 1. The predicted molar refractivity (Wildman–Crippen MR) is 60.9 cm³/mol. The Hall–Kier alpha value is -1.82. The van der Waals surface area contributed by atoms with E-state index in [2.05, 4.69) is 9.47 Å². The second-order valence-electron chi connectivity index (χ2n) is 3.61. The Bertz CT molecular complexity index is 458. The second-order valence-corrected chi connectivity index (χ2v) is 3.61. The number of rotatable bonds is 4. The summed E-state index contributed by atoms with van der Waals surface area (Å²) in [4.78, 5) is 11.4. The van der Waals surface area contributed by atoms with E-state index < -0.39 is 23.6 Å². The number of aliphatic hydroxyl groups excluding tert-OH is 1. The first-order chi connectivity index (χ1) is 8.43. The highest BCUT2D eigenvalue weighted by Crippen LogP contribution is 2.37. The van der Waals surface area contributed by atoms with Gasteiger partial charge in [-0.15, -0.1) is 0 Å². The first-order valence-corrected chi connectivity index (χ1v) is 5.34. The van der Waals surface area contributed by atoms with E-state index in [1.165, 1.54) is 14.0 Å². The molecule has 1 aromatic carbocycles. The Labute approximate surface area is 104 Å². The van der Waals surface area contributed by atoms with Crippen LogP contribution in [0.5, 0.6) is 11.5 Å². The van der Waals surface area contributed by atoms with Gasteiger partial charge in [-0.25, -0.2) is 9.18 Å². The van der Waals surface area contributed by atoms with E-state index in [1.54, 1.807) is 6.92 Å². The largest absolute Gasteiger partial charge is 0.504 e. The van der Waals surface area contributed by atoms with Gasteiger partial charge in [-0.1, -0.05) is 0 Å². The third kappa shape index (κ3) is 2.53. The highest BCUT2D eigenvalue weighted by molar-refractivity contribution is 5.77. The lowest BCUT2D eigenvalue weighted by Gasteiger charge is -2.15. The predicted octanol–water partition coefficient (Wildman–Crippen LogP) is 1.44. The van der Waals surface area contributed by atoms with E-state index in [0.717, 1.165) is 6.07 Å². The van der Waals surface area contributed by atoms with Crippen molar-refractivity contribution in [3.05, 3.63) is 23.0 Å². The summed E-state index contributed by atoms with van der Waals surface area (Å²) in [5, 5.41) is 19.4. The van der Waals surface area contributed by atoms with Crippen molar-refractivity contribution in [3.63, 3.8) is 0 Å². The van der Waals surface area contributed by atoms with Gasteiger partial charge in [-0.05, 0) is 19.9 Å². The van der Waals surface area contributed by atoms with Crippen LogP contribution in [0.1, 0.15) is 24.2 Å². The van der Waals surface area contributed by atoms with E-state index in [4.69, 9.17) is 0 Å². The molecule has 0 radical (unpaired) electrons. The van der Waals surface area contributed by atoms with Crippen LogP contribution in [0.3, 0.4) is 0 Å². The minimum atomic E-state index is -1.64. The second kappa shape index (κ2) is 5.68. The summed E-state index contributed by atoms with van der Waals surface area (Å²) in [6.07, 6.45) is -1.64. The SMILES string of the molecule is CCOC(=O)C(O)c1cc(F)c(OC)c(O)c1C. The lowest BCUT2D eigenvalue weighted by molar-refractivity contribution is -0.153. The van der Waals surface area contributed by atoms with Crippen molar-refractivity contribution in [1.82, 2.24) is 0 Å². The number of phenols is 1. The third-order valence-electron chi connectivity index (χ3n) is 2.51. The first-order valence-electron chi connectivity index (χ1n) is 5.34. The van der Waals surface area contributed by atoms with Gasteiger partial charge in [-0.3, -0.25) is 0 Å². The minimum absolute atomic E-state index is 0.0516. The quantitative estimate of drug-likeness (QED) is 0.799. The van der Waals surface area contributed by atoms with Crippen molar-refractivity contribution in [3.8, 4) is 11.5 Å². The molecule has 0 aliphatic carbocycles. The average molecular weight is 258 g/mol. The summed E-state index contributed by atoms with van der Waals surface area (Å²) in [6, 6.07) is 0.940. The van der Waals surface area contributed by atoms with E-state index in [-0.39, 0.29) is 23.5 Å². The number of aliphatic hydroxyl groups is 1. The molecule has 6 heteroatoms. The molecule has 0 bridgehead atoms. The molecule has 2 N–H and O–H groups in total. The fraction of sp³-hybridized carbons (Fsp3) is 0.417. The maximum atomic E-state index is 13.6. The summed E-state index contributed by atoms with van der Waals surface area (Å²) in [5.74, 6) is -2.54. The molecule has 1 unspecified atom stereocenters. The number of hydrogen-bond donors (Lipinski definition) is 2. The summed E-state index contributed by atoms with van der Waals surface area (Å²) < 4.78 is 22.9. The summed E-state index contributed by atoms with van der Waals surface area (Å²) in [5.41, 5.74) is 0.109. The normalized spacial score (nSPS) is 12.1. The standard InChI is InChI=1S/C12H15FO5/c1-4-18-12(16)10(15)7-5-8(13)11(17-3)9(14)6(7)2/h5,10,14-15H,4H2,1-3H3. The molecule has 100 valence electrons. The van der Waals surface area contributed by atoms with Gasteiger partial charge in [0.2, 0.25) is 0 Å². The first kappa shape index (κ1) is 14.2. The van der Waals surface area contributed by atoms with Crippen LogP contribution in [0.2, 0.25) is 0 Å². The Kier molecular flexibility index (Phi) is 4.49. The van der Waals surface area contributed by atoms with Gasteiger partial charge < -0.3 is 19.7 Å². The molecular weight excluding hydrogens is 243 g/mol. The molecule has 0 spiro atoms. The van der Waals surface area contributed by atoms with Crippen LogP contribution in [-0.2, 0) is 9.53 Å². The van der Waals surface area contributed by atoms with Crippen LogP contribution in [0.25, 0.3) is 0 Å². The smallest absolute Gasteiger partial charge is 0.339 e. The number of methoxy groups -OCH3 is 1. The Morgan fingerprint density at radius 1 is 1.56 bits per heavy atom. The zero-order valence-electron chi connectivity index (χ0n) is 10.4. The van der Waals surface area contributed by atoms with Crippen LogP contribution < -0.4 is 4.74 Å². The minimum Gasteiger partial charge on any atom is -0.504 e. The van der Waals surface area contributed by atoms with Gasteiger partial charge in [0.15, 0.2) is 23.4 Å². The van der Waals surface area contributed by atoms with Gasteiger partial charge in [0, 0.05) is 11.1 Å². The lowest BCUT2D eigenvalue weighted by Crippen LogP contribution is -2.16. The van der Waals surface area contributed by atoms with Crippen LogP contribution >= 0.6 is 0 Å².